The average molecular weight is 466 g/mol. The van der Waals surface area contributed by atoms with E-state index in [9.17, 15) is 8.42 Å². The largest absolute Gasteiger partial charge is 0.215 e. The Bertz CT molecular complexity index is 1000. The number of benzene rings is 2. The molecule has 2 aliphatic rings. The van der Waals surface area contributed by atoms with Gasteiger partial charge >= 0.3 is 0 Å². The summed E-state index contributed by atoms with van der Waals surface area (Å²) in [6, 6.07) is 13.8. The molecule has 0 bridgehead atoms. The van der Waals surface area contributed by atoms with E-state index in [-0.39, 0.29) is 5.75 Å². The molecule has 1 fully saturated rings. The van der Waals surface area contributed by atoms with Gasteiger partial charge < -0.3 is 0 Å². The van der Waals surface area contributed by atoms with E-state index in [0.29, 0.717) is 33.5 Å². The SMILES string of the molecule is O=S(=O)(Cc1ccc(Cl)c(Cl)c1)NCCC1CCC2(CCCCC2)c2ccccc21. The molecule has 4 rings (SSSR count). The fraction of sp³-hybridized carbons (Fsp3) is 0.500. The molecule has 0 heterocycles. The molecule has 2 aliphatic carbocycles. The van der Waals surface area contributed by atoms with E-state index in [4.69, 9.17) is 23.2 Å². The minimum Gasteiger partial charge on any atom is -0.215 e. The van der Waals surface area contributed by atoms with Gasteiger partial charge in [0.15, 0.2) is 0 Å². The lowest BCUT2D eigenvalue weighted by Crippen LogP contribution is -2.35. The van der Waals surface area contributed by atoms with Gasteiger partial charge in [-0.3, -0.25) is 0 Å². The highest BCUT2D eigenvalue weighted by molar-refractivity contribution is 7.88. The van der Waals surface area contributed by atoms with E-state index in [1.165, 1.54) is 49.7 Å². The van der Waals surface area contributed by atoms with E-state index in [1.54, 1.807) is 18.2 Å². The smallest absolute Gasteiger partial charge is 0.215 e. The molecule has 0 radical (unpaired) electrons. The number of fused-ring (bicyclic) bond motifs is 2. The van der Waals surface area contributed by atoms with E-state index in [2.05, 4.69) is 29.0 Å². The van der Waals surface area contributed by atoms with Gasteiger partial charge in [0.1, 0.15) is 0 Å². The molecule has 0 saturated heterocycles. The van der Waals surface area contributed by atoms with Crippen LogP contribution >= 0.6 is 23.2 Å². The minimum atomic E-state index is -3.42. The van der Waals surface area contributed by atoms with Crippen molar-refractivity contribution in [2.24, 2.45) is 0 Å². The number of hydrogen-bond acceptors (Lipinski definition) is 2. The molecule has 1 unspecified atom stereocenters. The van der Waals surface area contributed by atoms with Gasteiger partial charge in [0.2, 0.25) is 10.0 Å². The second kappa shape index (κ2) is 9.20. The topological polar surface area (TPSA) is 46.2 Å². The maximum Gasteiger partial charge on any atom is 0.215 e. The molecule has 2 aromatic rings. The molecule has 162 valence electrons. The van der Waals surface area contributed by atoms with E-state index in [1.807, 2.05) is 0 Å². The molecule has 0 amide bonds. The molecule has 2 aromatic carbocycles. The third-order valence-corrected chi connectivity index (χ3v) is 9.01. The zero-order chi connectivity index (χ0) is 21.2. The highest BCUT2D eigenvalue weighted by atomic mass is 35.5. The lowest BCUT2D eigenvalue weighted by molar-refractivity contribution is 0.241. The van der Waals surface area contributed by atoms with Crippen molar-refractivity contribution in [2.75, 3.05) is 6.54 Å². The zero-order valence-electron chi connectivity index (χ0n) is 17.2. The van der Waals surface area contributed by atoms with Crippen LogP contribution in [0.5, 0.6) is 0 Å². The van der Waals surface area contributed by atoms with Gasteiger partial charge in [-0.25, -0.2) is 13.1 Å². The molecule has 1 spiro atoms. The Balaban J connectivity index is 1.40. The van der Waals surface area contributed by atoms with E-state index in [0.717, 1.165) is 12.8 Å². The minimum absolute atomic E-state index is 0.0890. The molecule has 30 heavy (non-hydrogen) atoms. The van der Waals surface area contributed by atoms with Gasteiger partial charge in [0, 0.05) is 6.54 Å². The van der Waals surface area contributed by atoms with Crippen LogP contribution in [-0.2, 0) is 21.2 Å². The molecule has 1 N–H and O–H groups in total. The standard InChI is InChI=1S/C24H29Cl2NO2S/c25-22-9-8-18(16-23(22)26)17-30(28,29)27-15-11-19-10-14-24(12-4-1-5-13-24)21-7-3-2-6-20(19)21/h2-3,6-9,16,19,27H,1,4-5,10-15,17H2. The maximum atomic E-state index is 12.5. The fourth-order valence-electron chi connectivity index (χ4n) is 5.41. The van der Waals surface area contributed by atoms with Crippen LogP contribution in [0.3, 0.4) is 0 Å². The Morgan fingerprint density at radius 3 is 2.50 bits per heavy atom. The number of rotatable bonds is 6. The summed E-state index contributed by atoms with van der Waals surface area (Å²) in [4.78, 5) is 0. The quantitative estimate of drug-likeness (QED) is 0.523. The molecule has 1 atom stereocenters. The summed E-state index contributed by atoms with van der Waals surface area (Å²) in [6.45, 7) is 0.454. The Hall–Kier alpha value is -1.07. The van der Waals surface area contributed by atoms with Gasteiger partial charge in [0.05, 0.1) is 15.8 Å². The Labute approximate surface area is 190 Å². The Morgan fingerprint density at radius 1 is 0.967 bits per heavy atom. The van der Waals surface area contributed by atoms with E-state index >= 15 is 0 Å². The Kier molecular flexibility index (Phi) is 6.79. The van der Waals surface area contributed by atoms with Crippen molar-refractivity contribution in [3.63, 3.8) is 0 Å². The molecule has 0 aromatic heterocycles. The summed E-state index contributed by atoms with van der Waals surface area (Å²) in [5.74, 6) is 0.329. The van der Waals surface area contributed by atoms with Crippen LogP contribution in [0.1, 0.15) is 74.0 Å². The van der Waals surface area contributed by atoms with Gasteiger partial charge in [-0.15, -0.1) is 0 Å². The normalized spacial score (nSPS) is 20.8. The molecular weight excluding hydrogens is 437 g/mol. The first-order valence-electron chi connectivity index (χ1n) is 10.9. The van der Waals surface area contributed by atoms with Gasteiger partial charge in [0.25, 0.3) is 0 Å². The fourth-order valence-corrected chi connectivity index (χ4v) is 6.88. The van der Waals surface area contributed by atoms with Crippen LogP contribution in [0, 0.1) is 0 Å². The maximum absolute atomic E-state index is 12.5. The summed E-state index contributed by atoms with van der Waals surface area (Å²) in [6.07, 6.45) is 9.80. The summed E-state index contributed by atoms with van der Waals surface area (Å²) < 4.78 is 27.9. The van der Waals surface area contributed by atoms with Crippen molar-refractivity contribution in [2.45, 2.75) is 68.5 Å². The van der Waals surface area contributed by atoms with Gasteiger partial charge in [-0.2, -0.15) is 0 Å². The first-order valence-corrected chi connectivity index (χ1v) is 13.3. The second-order valence-electron chi connectivity index (χ2n) is 8.85. The molecular formula is C24H29Cl2NO2S. The highest BCUT2D eigenvalue weighted by Gasteiger charge is 2.40. The third-order valence-electron chi connectivity index (χ3n) is 6.91. The molecule has 3 nitrogen and oxygen atoms in total. The van der Waals surface area contributed by atoms with Crippen LogP contribution in [0.15, 0.2) is 42.5 Å². The monoisotopic (exact) mass is 465 g/mol. The first kappa shape index (κ1) is 22.1. The van der Waals surface area contributed by atoms with Crippen molar-refractivity contribution in [1.29, 1.82) is 0 Å². The van der Waals surface area contributed by atoms with Crippen LogP contribution in [0.2, 0.25) is 10.0 Å². The van der Waals surface area contributed by atoms with Gasteiger partial charge in [-0.1, -0.05) is 72.8 Å². The molecule has 0 aliphatic heterocycles. The highest BCUT2D eigenvalue weighted by Crippen LogP contribution is 2.51. The van der Waals surface area contributed by atoms with Crippen molar-refractivity contribution < 1.29 is 8.42 Å². The van der Waals surface area contributed by atoms with Crippen LogP contribution in [-0.4, -0.2) is 15.0 Å². The number of halogens is 2. The van der Waals surface area contributed by atoms with Crippen molar-refractivity contribution in [1.82, 2.24) is 4.72 Å². The second-order valence-corrected chi connectivity index (χ2v) is 11.5. The van der Waals surface area contributed by atoms with Crippen LogP contribution in [0.4, 0.5) is 0 Å². The Morgan fingerprint density at radius 2 is 1.73 bits per heavy atom. The average Bonchev–Trinajstić information content (AvgIpc) is 2.73. The van der Waals surface area contributed by atoms with Crippen molar-refractivity contribution in [3.05, 3.63) is 69.2 Å². The first-order chi connectivity index (χ1) is 14.4. The molecule has 6 heteroatoms. The summed E-state index contributed by atoms with van der Waals surface area (Å²) in [5, 5.41) is 0.803. The predicted molar refractivity (Wildman–Crippen MR) is 125 cm³/mol. The van der Waals surface area contributed by atoms with Crippen LogP contribution in [0.25, 0.3) is 0 Å². The van der Waals surface area contributed by atoms with Gasteiger partial charge in [-0.05, 0) is 72.3 Å². The lowest BCUT2D eigenvalue weighted by Gasteiger charge is -2.45. The number of sulfonamides is 1. The number of nitrogens with one attached hydrogen (secondary N) is 1. The predicted octanol–water partition coefficient (Wildman–Crippen LogP) is 6.58. The van der Waals surface area contributed by atoms with Crippen molar-refractivity contribution >= 4 is 33.2 Å². The number of hydrogen-bond donors (Lipinski definition) is 1. The van der Waals surface area contributed by atoms with Crippen molar-refractivity contribution in [3.8, 4) is 0 Å². The zero-order valence-corrected chi connectivity index (χ0v) is 19.5. The van der Waals surface area contributed by atoms with Crippen LogP contribution < -0.4 is 4.72 Å². The van der Waals surface area contributed by atoms with E-state index < -0.39 is 10.0 Å². The lowest BCUT2D eigenvalue weighted by atomic mass is 9.60. The third kappa shape index (κ3) is 4.88. The summed E-state index contributed by atoms with van der Waals surface area (Å²) >= 11 is 11.9. The molecule has 1 saturated carbocycles. The summed E-state index contributed by atoms with van der Waals surface area (Å²) in [5.41, 5.74) is 3.96. The summed E-state index contributed by atoms with van der Waals surface area (Å²) in [7, 11) is -3.42.